The Hall–Kier alpha value is -2.59. The van der Waals surface area contributed by atoms with Crippen LogP contribution in [0.2, 0.25) is 5.02 Å². The highest BCUT2D eigenvalue weighted by Crippen LogP contribution is 2.15. The number of benzene rings is 2. The molecule has 2 aromatic carbocycles. The summed E-state index contributed by atoms with van der Waals surface area (Å²) in [6.45, 7) is 0.438. The van der Waals surface area contributed by atoms with E-state index in [1.54, 1.807) is 18.2 Å². The number of fused-ring (bicyclic) bond motifs is 1. The van der Waals surface area contributed by atoms with E-state index in [0.717, 1.165) is 11.1 Å². The van der Waals surface area contributed by atoms with Crippen LogP contribution in [0.1, 0.15) is 11.5 Å². The zero-order valence-corrected chi connectivity index (χ0v) is 12.4. The second-order valence-corrected chi connectivity index (χ2v) is 5.13. The molecular formula is C17H13ClN2O2. The zero-order valence-electron chi connectivity index (χ0n) is 11.6. The highest BCUT2D eigenvalue weighted by atomic mass is 35.5. The van der Waals surface area contributed by atoms with E-state index in [4.69, 9.17) is 16.0 Å². The summed E-state index contributed by atoms with van der Waals surface area (Å²) in [5, 5.41) is 3.46. The number of carbonyl (C=O) groups is 1. The van der Waals surface area contributed by atoms with Crippen molar-refractivity contribution in [2.24, 2.45) is 0 Å². The van der Waals surface area contributed by atoms with E-state index >= 15 is 0 Å². The van der Waals surface area contributed by atoms with E-state index in [-0.39, 0.29) is 5.91 Å². The van der Waals surface area contributed by atoms with Crippen molar-refractivity contribution in [1.82, 2.24) is 10.3 Å². The average Bonchev–Trinajstić information content (AvgIpc) is 2.95. The summed E-state index contributed by atoms with van der Waals surface area (Å²) in [6.07, 6.45) is 2.96. The largest absolute Gasteiger partial charge is 0.437 e. The predicted octanol–water partition coefficient (Wildman–Crippen LogP) is 3.81. The lowest BCUT2D eigenvalue weighted by molar-refractivity contribution is -0.116. The molecule has 1 heterocycles. The van der Waals surface area contributed by atoms with E-state index in [0.29, 0.717) is 23.0 Å². The first kappa shape index (κ1) is 14.4. The van der Waals surface area contributed by atoms with Crippen LogP contribution in [0.3, 0.4) is 0 Å². The quantitative estimate of drug-likeness (QED) is 0.745. The first-order valence-electron chi connectivity index (χ1n) is 6.77. The summed E-state index contributed by atoms with van der Waals surface area (Å²) >= 11 is 5.81. The third-order valence-corrected chi connectivity index (χ3v) is 3.32. The third-order valence-electron chi connectivity index (χ3n) is 3.07. The van der Waals surface area contributed by atoms with Gasteiger partial charge in [-0.2, -0.15) is 0 Å². The molecule has 0 saturated heterocycles. The fraction of sp³-hybridized carbons (Fsp3) is 0.0588. The molecule has 110 valence electrons. The molecule has 4 nitrogen and oxygen atoms in total. The molecule has 0 atom stereocenters. The Morgan fingerprint density at radius 2 is 1.95 bits per heavy atom. The van der Waals surface area contributed by atoms with Gasteiger partial charge in [-0.1, -0.05) is 35.9 Å². The van der Waals surface area contributed by atoms with Gasteiger partial charge in [0.25, 0.3) is 0 Å². The molecule has 0 radical (unpaired) electrons. The van der Waals surface area contributed by atoms with Crippen LogP contribution in [0.25, 0.3) is 17.2 Å². The molecule has 0 saturated carbocycles. The van der Waals surface area contributed by atoms with E-state index in [2.05, 4.69) is 10.3 Å². The molecule has 1 N–H and O–H groups in total. The SMILES string of the molecule is O=C(C=Cc1nc2ccccc2o1)NCc1ccc(Cl)cc1. The number of nitrogens with zero attached hydrogens (tertiary/aromatic N) is 1. The fourth-order valence-electron chi connectivity index (χ4n) is 1.96. The lowest BCUT2D eigenvalue weighted by Crippen LogP contribution is -2.20. The first-order chi connectivity index (χ1) is 10.7. The van der Waals surface area contributed by atoms with Gasteiger partial charge in [-0.3, -0.25) is 4.79 Å². The van der Waals surface area contributed by atoms with E-state index in [9.17, 15) is 4.79 Å². The normalized spacial score (nSPS) is 11.1. The second-order valence-electron chi connectivity index (χ2n) is 4.70. The number of nitrogens with one attached hydrogen (secondary N) is 1. The summed E-state index contributed by atoms with van der Waals surface area (Å²) in [5.74, 6) is 0.194. The topological polar surface area (TPSA) is 55.1 Å². The molecule has 0 bridgehead atoms. The second kappa shape index (κ2) is 6.45. The van der Waals surface area contributed by atoms with Gasteiger partial charge >= 0.3 is 0 Å². The van der Waals surface area contributed by atoms with Gasteiger partial charge in [0.2, 0.25) is 11.8 Å². The average molecular weight is 313 g/mol. The van der Waals surface area contributed by atoms with E-state index in [1.807, 2.05) is 36.4 Å². The number of rotatable bonds is 4. The van der Waals surface area contributed by atoms with Crippen molar-refractivity contribution in [3.05, 3.63) is 71.1 Å². The lowest BCUT2D eigenvalue weighted by Gasteiger charge is -2.02. The zero-order chi connectivity index (χ0) is 15.4. The maximum Gasteiger partial charge on any atom is 0.244 e. The van der Waals surface area contributed by atoms with Crippen molar-refractivity contribution in [2.45, 2.75) is 6.54 Å². The Balaban J connectivity index is 1.59. The van der Waals surface area contributed by atoms with Gasteiger partial charge in [-0.15, -0.1) is 0 Å². The molecule has 1 aromatic heterocycles. The minimum absolute atomic E-state index is 0.211. The highest BCUT2D eigenvalue weighted by Gasteiger charge is 2.02. The maximum atomic E-state index is 11.8. The Kier molecular flexibility index (Phi) is 4.21. The Morgan fingerprint density at radius 3 is 2.73 bits per heavy atom. The van der Waals surface area contributed by atoms with Crippen LogP contribution in [0.15, 0.2) is 59.0 Å². The van der Waals surface area contributed by atoms with Crippen molar-refractivity contribution in [3.8, 4) is 0 Å². The Bertz CT molecular complexity index is 789. The number of hydrogen-bond acceptors (Lipinski definition) is 3. The highest BCUT2D eigenvalue weighted by molar-refractivity contribution is 6.30. The van der Waals surface area contributed by atoms with Gasteiger partial charge in [-0.05, 0) is 29.8 Å². The lowest BCUT2D eigenvalue weighted by atomic mass is 10.2. The van der Waals surface area contributed by atoms with Crippen LogP contribution in [-0.2, 0) is 11.3 Å². The summed E-state index contributed by atoms with van der Waals surface area (Å²) < 4.78 is 5.50. The minimum atomic E-state index is -0.211. The van der Waals surface area contributed by atoms with E-state index < -0.39 is 0 Å². The van der Waals surface area contributed by atoms with Gasteiger partial charge in [-0.25, -0.2) is 4.98 Å². The Morgan fingerprint density at radius 1 is 1.18 bits per heavy atom. The predicted molar refractivity (Wildman–Crippen MR) is 86.3 cm³/mol. The van der Waals surface area contributed by atoms with Crippen LogP contribution in [-0.4, -0.2) is 10.9 Å². The molecular weight excluding hydrogens is 300 g/mol. The molecule has 0 aliphatic heterocycles. The van der Waals surface area contributed by atoms with Gasteiger partial charge in [0, 0.05) is 23.7 Å². The van der Waals surface area contributed by atoms with Crippen LogP contribution in [0.4, 0.5) is 0 Å². The van der Waals surface area contributed by atoms with Crippen LogP contribution < -0.4 is 5.32 Å². The summed E-state index contributed by atoms with van der Waals surface area (Å²) in [7, 11) is 0. The smallest absolute Gasteiger partial charge is 0.244 e. The molecule has 0 aliphatic carbocycles. The maximum absolute atomic E-state index is 11.8. The number of hydrogen-bond donors (Lipinski definition) is 1. The molecule has 1 amide bonds. The molecule has 0 fully saturated rings. The first-order valence-corrected chi connectivity index (χ1v) is 7.14. The molecule has 3 rings (SSSR count). The summed E-state index contributed by atoms with van der Waals surface area (Å²) in [5.41, 5.74) is 2.44. The van der Waals surface area contributed by atoms with Crippen molar-refractivity contribution >= 4 is 34.7 Å². The third kappa shape index (κ3) is 3.54. The summed E-state index contributed by atoms with van der Waals surface area (Å²) in [4.78, 5) is 16.0. The van der Waals surface area contributed by atoms with Gasteiger partial charge in [0.1, 0.15) is 5.52 Å². The number of oxazole rings is 1. The van der Waals surface area contributed by atoms with Crippen LogP contribution in [0.5, 0.6) is 0 Å². The van der Waals surface area contributed by atoms with Gasteiger partial charge < -0.3 is 9.73 Å². The van der Waals surface area contributed by atoms with Crippen molar-refractivity contribution in [3.63, 3.8) is 0 Å². The Labute approximate surface area is 132 Å². The van der Waals surface area contributed by atoms with E-state index in [1.165, 1.54) is 6.08 Å². The molecule has 0 unspecified atom stereocenters. The van der Waals surface area contributed by atoms with Crippen LogP contribution in [0, 0.1) is 0 Å². The molecule has 0 aliphatic rings. The monoisotopic (exact) mass is 312 g/mol. The van der Waals surface area contributed by atoms with Gasteiger partial charge in [0.15, 0.2) is 5.58 Å². The number of halogens is 1. The van der Waals surface area contributed by atoms with Crippen molar-refractivity contribution in [1.29, 1.82) is 0 Å². The summed E-state index contributed by atoms with van der Waals surface area (Å²) in [6, 6.07) is 14.8. The fourth-order valence-corrected chi connectivity index (χ4v) is 2.08. The molecule has 5 heteroatoms. The standard InChI is InChI=1S/C17H13ClN2O2/c18-13-7-5-12(6-8-13)11-19-16(21)9-10-17-20-14-3-1-2-4-15(14)22-17/h1-10H,11H2,(H,19,21). The molecule has 0 spiro atoms. The number of para-hydroxylation sites is 2. The molecule has 22 heavy (non-hydrogen) atoms. The minimum Gasteiger partial charge on any atom is -0.437 e. The van der Waals surface area contributed by atoms with Crippen molar-refractivity contribution < 1.29 is 9.21 Å². The molecule has 3 aromatic rings. The van der Waals surface area contributed by atoms with Gasteiger partial charge in [0.05, 0.1) is 0 Å². The van der Waals surface area contributed by atoms with Crippen LogP contribution >= 0.6 is 11.6 Å². The van der Waals surface area contributed by atoms with Crippen molar-refractivity contribution in [2.75, 3.05) is 0 Å². The number of amides is 1. The number of carbonyl (C=O) groups excluding carboxylic acids is 1. The number of aromatic nitrogens is 1.